The van der Waals surface area contributed by atoms with Crippen LogP contribution in [0.4, 0.5) is 0 Å². The third-order valence-corrected chi connectivity index (χ3v) is 8.16. The zero-order valence-corrected chi connectivity index (χ0v) is 30.1. The van der Waals surface area contributed by atoms with Crippen LogP contribution in [0.5, 0.6) is 0 Å². The Hall–Kier alpha value is -1.73. The lowest BCUT2D eigenvalue weighted by Gasteiger charge is -2.18. The molecule has 0 rings (SSSR count). The van der Waals surface area contributed by atoms with E-state index in [-0.39, 0.29) is 19.4 Å². The van der Waals surface area contributed by atoms with Crippen molar-refractivity contribution in [3.8, 4) is 0 Å². The highest BCUT2D eigenvalue weighted by atomic mass is 31.2. The molecule has 0 amide bonds. The van der Waals surface area contributed by atoms with Crippen LogP contribution < -0.4 is 0 Å². The topological polar surface area (TPSA) is 119 Å². The second kappa shape index (κ2) is 33.2. The summed E-state index contributed by atoms with van der Waals surface area (Å²) in [6.45, 7) is 3.54. The van der Waals surface area contributed by atoms with E-state index in [2.05, 4.69) is 54.8 Å². The Morgan fingerprint density at radius 1 is 0.587 bits per heavy atom. The van der Waals surface area contributed by atoms with E-state index in [1.165, 1.54) is 70.6 Å². The van der Waals surface area contributed by atoms with Gasteiger partial charge in [-0.15, -0.1) is 0 Å². The van der Waals surface area contributed by atoms with Crippen LogP contribution in [-0.2, 0) is 28.2 Å². The summed E-state index contributed by atoms with van der Waals surface area (Å²) >= 11 is 0. The monoisotopic (exact) mass is 670 g/mol. The summed E-state index contributed by atoms with van der Waals surface area (Å²) in [5.41, 5.74) is 0. The quantitative estimate of drug-likeness (QED) is 0.0306. The minimum atomic E-state index is -4.75. The van der Waals surface area contributed by atoms with Crippen molar-refractivity contribution in [3.63, 3.8) is 0 Å². The highest BCUT2D eigenvalue weighted by Crippen LogP contribution is 2.36. The Morgan fingerprint density at radius 2 is 1.04 bits per heavy atom. The van der Waals surface area contributed by atoms with Crippen molar-refractivity contribution in [1.82, 2.24) is 0 Å². The average molecular weight is 671 g/mol. The first-order valence-corrected chi connectivity index (χ1v) is 19.8. The van der Waals surface area contributed by atoms with E-state index in [0.29, 0.717) is 6.42 Å². The van der Waals surface area contributed by atoms with Gasteiger partial charge in [-0.2, -0.15) is 0 Å². The largest absolute Gasteiger partial charge is 0.469 e. The molecule has 2 N–H and O–H groups in total. The molecular formula is C37H67O8P. The summed E-state index contributed by atoms with van der Waals surface area (Å²) in [6.07, 6.45) is 37.2. The smallest absolute Gasteiger partial charge is 0.462 e. The van der Waals surface area contributed by atoms with Gasteiger partial charge in [0.15, 0.2) is 6.10 Å². The fraction of sp³-hybridized carbons (Fsp3) is 0.784. The fourth-order valence-corrected chi connectivity index (χ4v) is 5.34. The molecule has 0 saturated carbocycles. The minimum absolute atomic E-state index is 0.202. The van der Waals surface area contributed by atoms with Gasteiger partial charge in [-0.05, 0) is 44.9 Å². The third kappa shape index (κ3) is 35.1. The lowest BCUT2D eigenvalue weighted by atomic mass is 10.1. The normalized spacial score (nSPS) is 12.9. The van der Waals surface area contributed by atoms with Crippen LogP contribution in [0.15, 0.2) is 36.5 Å². The van der Waals surface area contributed by atoms with Crippen molar-refractivity contribution in [1.29, 1.82) is 0 Å². The van der Waals surface area contributed by atoms with Crippen molar-refractivity contribution >= 4 is 19.8 Å². The highest BCUT2D eigenvalue weighted by Gasteiger charge is 2.22. The zero-order chi connectivity index (χ0) is 34.0. The molecule has 0 aliphatic carbocycles. The second-order valence-electron chi connectivity index (χ2n) is 12.2. The zero-order valence-electron chi connectivity index (χ0n) is 29.2. The molecule has 0 aromatic heterocycles. The molecule has 0 fully saturated rings. The lowest BCUT2D eigenvalue weighted by molar-refractivity contribution is -0.161. The van der Waals surface area contributed by atoms with Gasteiger partial charge in [0.1, 0.15) is 6.61 Å². The van der Waals surface area contributed by atoms with Gasteiger partial charge in [-0.25, -0.2) is 4.57 Å². The molecule has 268 valence electrons. The van der Waals surface area contributed by atoms with Crippen LogP contribution in [0.2, 0.25) is 0 Å². The molecule has 0 bridgehead atoms. The fourth-order valence-electron chi connectivity index (χ4n) is 4.97. The van der Waals surface area contributed by atoms with Crippen LogP contribution in [0.1, 0.15) is 168 Å². The standard InChI is InChI=1S/C37H67O8P/c1-3-5-7-9-11-13-15-16-17-18-19-20-22-24-26-28-30-32-37(39)45-35(34-44-46(40,41)42)33-43-36(38)31-29-27-25-23-21-14-12-10-8-6-4-2/h5,7,11,13,16-17,35H,3-4,6,8-10,12,14-15,18-34H2,1-2H3,(H2,40,41,42)/b7-5-,13-11-,17-16-. The number of carbonyl (C=O) groups excluding carboxylic acids is 2. The molecule has 46 heavy (non-hydrogen) atoms. The van der Waals surface area contributed by atoms with Crippen LogP contribution >= 0.6 is 7.82 Å². The molecule has 0 aromatic rings. The van der Waals surface area contributed by atoms with Crippen molar-refractivity contribution in [2.75, 3.05) is 13.2 Å². The highest BCUT2D eigenvalue weighted by molar-refractivity contribution is 7.46. The van der Waals surface area contributed by atoms with Gasteiger partial charge >= 0.3 is 19.8 Å². The Bertz CT molecular complexity index is 848. The van der Waals surface area contributed by atoms with Gasteiger partial charge in [0.25, 0.3) is 0 Å². The summed E-state index contributed by atoms with van der Waals surface area (Å²) in [6, 6.07) is 0. The summed E-state index contributed by atoms with van der Waals surface area (Å²) in [7, 11) is -4.75. The lowest BCUT2D eigenvalue weighted by Crippen LogP contribution is -2.29. The molecule has 9 heteroatoms. The van der Waals surface area contributed by atoms with Crippen molar-refractivity contribution in [3.05, 3.63) is 36.5 Å². The number of phosphoric acid groups is 1. The summed E-state index contributed by atoms with van der Waals surface area (Å²) in [5.74, 6) is -0.896. The maximum absolute atomic E-state index is 12.3. The van der Waals surface area contributed by atoms with E-state index in [9.17, 15) is 14.2 Å². The molecule has 0 aliphatic rings. The number of rotatable bonds is 33. The number of ether oxygens (including phenoxy) is 2. The van der Waals surface area contributed by atoms with Crippen LogP contribution in [0.3, 0.4) is 0 Å². The van der Waals surface area contributed by atoms with E-state index in [1.54, 1.807) is 0 Å². The van der Waals surface area contributed by atoms with Crippen LogP contribution in [0, 0.1) is 0 Å². The van der Waals surface area contributed by atoms with Crippen LogP contribution in [-0.4, -0.2) is 41.0 Å². The van der Waals surface area contributed by atoms with Gasteiger partial charge in [0.05, 0.1) is 6.61 Å². The van der Waals surface area contributed by atoms with E-state index in [0.717, 1.165) is 64.2 Å². The van der Waals surface area contributed by atoms with Gasteiger partial charge in [0, 0.05) is 12.8 Å². The van der Waals surface area contributed by atoms with Crippen molar-refractivity contribution in [2.24, 2.45) is 0 Å². The molecule has 0 aliphatic heterocycles. The predicted molar refractivity (Wildman–Crippen MR) is 188 cm³/mol. The number of esters is 2. The van der Waals surface area contributed by atoms with Crippen molar-refractivity contribution < 1.29 is 37.9 Å². The first-order valence-electron chi connectivity index (χ1n) is 18.3. The third-order valence-electron chi connectivity index (χ3n) is 7.67. The molecule has 8 nitrogen and oxygen atoms in total. The number of hydrogen-bond donors (Lipinski definition) is 2. The van der Waals surface area contributed by atoms with Crippen molar-refractivity contribution in [2.45, 2.75) is 174 Å². The number of hydrogen-bond acceptors (Lipinski definition) is 6. The molecule has 1 atom stereocenters. The van der Waals surface area contributed by atoms with E-state index in [1.807, 2.05) is 0 Å². The summed E-state index contributed by atoms with van der Waals surface area (Å²) in [4.78, 5) is 42.6. The summed E-state index contributed by atoms with van der Waals surface area (Å²) < 4.78 is 26.3. The van der Waals surface area contributed by atoms with E-state index >= 15 is 0 Å². The predicted octanol–water partition coefficient (Wildman–Crippen LogP) is 10.6. The summed E-state index contributed by atoms with van der Waals surface area (Å²) in [5, 5.41) is 0. The second-order valence-corrected chi connectivity index (χ2v) is 13.4. The van der Waals surface area contributed by atoms with E-state index in [4.69, 9.17) is 19.3 Å². The first kappa shape index (κ1) is 44.3. The number of phosphoric ester groups is 1. The van der Waals surface area contributed by atoms with Gasteiger partial charge in [0.2, 0.25) is 0 Å². The number of unbranched alkanes of at least 4 members (excludes halogenated alkanes) is 17. The molecule has 0 radical (unpaired) electrons. The average Bonchev–Trinajstić information content (AvgIpc) is 3.02. The van der Waals surface area contributed by atoms with Gasteiger partial charge in [-0.1, -0.05) is 147 Å². The minimum Gasteiger partial charge on any atom is -0.462 e. The van der Waals surface area contributed by atoms with E-state index < -0.39 is 32.5 Å². The first-order chi connectivity index (χ1) is 22.3. The Kier molecular flexibility index (Phi) is 31.9. The molecule has 0 aromatic carbocycles. The number of carbonyl (C=O) groups is 2. The number of allylic oxidation sites excluding steroid dienone is 6. The SMILES string of the molecule is CC/C=C\C/C=C\C/C=C\CCCCCCCCCC(=O)OC(COC(=O)CCCCCCCCCCCCC)COP(=O)(O)O. The molecule has 0 saturated heterocycles. The van der Waals surface area contributed by atoms with Gasteiger partial charge in [-0.3, -0.25) is 14.1 Å². The molecule has 0 heterocycles. The molecule has 1 unspecified atom stereocenters. The maximum atomic E-state index is 12.3. The van der Waals surface area contributed by atoms with Gasteiger partial charge < -0.3 is 19.3 Å². The Balaban J connectivity index is 3.98. The molecular weight excluding hydrogens is 603 g/mol. The maximum Gasteiger partial charge on any atom is 0.469 e. The van der Waals surface area contributed by atoms with Crippen LogP contribution in [0.25, 0.3) is 0 Å². The molecule has 0 spiro atoms. The Labute approximate surface area is 281 Å². The Morgan fingerprint density at radius 3 is 1.57 bits per heavy atom.